The lowest BCUT2D eigenvalue weighted by Crippen LogP contribution is -2.48. The van der Waals surface area contributed by atoms with Gasteiger partial charge in [-0.1, -0.05) is 35.3 Å². The number of carbonyl (C=O) groups excluding carboxylic acids is 2. The summed E-state index contributed by atoms with van der Waals surface area (Å²) < 4.78 is 0. The number of nitrogens with zero attached hydrogens (tertiary/aromatic N) is 4. The molecule has 6 rings (SSSR count). The summed E-state index contributed by atoms with van der Waals surface area (Å²) in [6, 6.07) is 15.2. The molecule has 3 aliphatic rings. The molecule has 2 aromatic carbocycles. The minimum Gasteiger partial charge on any atom is -0.371 e. The Morgan fingerprint density at radius 2 is 1.65 bits per heavy atom. The first-order chi connectivity index (χ1) is 19.3. The van der Waals surface area contributed by atoms with Gasteiger partial charge in [-0.05, 0) is 91.5 Å². The van der Waals surface area contributed by atoms with Gasteiger partial charge in [-0.25, -0.2) is 0 Å². The Morgan fingerprint density at radius 3 is 2.38 bits per heavy atom. The third-order valence-electron chi connectivity index (χ3n) is 9.37. The number of carbonyl (C=O) groups is 2. The largest absolute Gasteiger partial charge is 0.371 e. The Labute approximate surface area is 245 Å². The summed E-state index contributed by atoms with van der Waals surface area (Å²) >= 11 is 12.5. The average molecular weight is 578 g/mol. The summed E-state index contributed by atoms with van der Waals surface area (Å²) in [7, 11) is 1.80. The first kappa shape index (κ1) is 27.1. The minimum atomic E-state index is -0.168. The van der Waals surface area contributed by atoms with Crippen molar-refractivity contribution in [3.8, 4) is 0 Å². The van der Waals surface area contributed by atoms with Crippen LogP contribution in [0.25, 0.3) is 0 Å². The van der Waals surface area contributed by atoms with Crippen LogP contribution in [0.4, 0.5) is 5.69 Å². The molecule has 1 aliphatic carbocycles. The Hall–Kier alpha value is -3.09. The summed E-state index contributed by atoms with van der Waals surface area (Å²) in [6.45, 7) is 3.69. The van der Waals surface area contributed by atoms with Crippen LogP contribution in [-0.4, -0.2) is 59.8 Å². The fourth-order valence-electron chi connectivity index (χ4n) is 6.78. The maximum Gasteiger partial charge on any atom is 0.255 e. The third-order valence-corrected chi connectivity index (χ3v) is 10.2. The zero-order valence-corrected chi connectivity index (χ0v) is 24.3. The number of halogens is 2. The molecular weight excluding hydrogens is 543 g/mol. The molecule has 0 saturated carbocycles. The fraction of sp³-hybridized carbons (Fsp3) is 0.406. The third kappa shape index (κ3) is 5.08. The number of aryl methyl sites for hydroxylation is 1. The number of piperidine rings is 2. The summed E-state index contributed by atoms with van der Waals surface area (Å²) in [5, 5.41) is 0.636. The molecule has 2 fully saturated rings. The van der Waals surface area contributed by atoms with E-state index in [0.29, 0.717) is 21.6 Å². The Morgan fingerprint density at radius 1 is 0.950 bits per heavy atom. The van der Waals surface area contributed by atoms with Crippen LogP contribution < -0.4 is 4.90 Å². The van der Waals surface area contributed by atoms with E-state index >= 15 is 0 Å². The van der Waals surface area contributed by atoms with Crippen molar-refractivity contribution in [2.75, 3.05) is 38.1 Å². The van der Waals surface area contributed by atoms with Crippen molar-refractivity contribution >= 4 is 40.7 Å². The van der Waals surface area contributed by atoms with E-state index in [1.54, 1.807) is 30.1 Å². The van der Waals surface area contributed by atoms with Crippen LogP contribution >= 0.6 is 23.2 Å². The monoisotopic (exact) mass is 576 g/mol. The predicted molar refractivity (Wildman–Crippen MR) is 159 cm³/mol. The molecule has 0 bridgehead atoms. The molecule has 1 aromatic heterocycles. The van der Waals surface area contributed by atoms with Gasteiger partial charge in [0.1, 0.15) is 0 Å². The van der Waals surface area contributed by atoms with Gasteiger partial charge in [-0.15, -0.1) is 0 Å². The smallest absolute Gasteiger partial charge is 0.255 e. The normalized spacial score (nSPS) is 19.9. The second kappa shape index (κ2) is 11.1. The summed E-state index contributed by atoms with van der Waals surface area (Å²) in [4.78, 5) is 37.3. The van der Waals surface area contributed by atoms with Crippen LogP contribution in [0.15, 0.2) is 60.9 Å². The number of hydrogen-bond donors (Lipinski definition) is 0. The summed E-state index contributed by atoms with van der Waals surface area (Å²) in [6.07, 6.45) is 9.83. The average Bonchev–Trinajstić information content (AvgIpc) is 3.42. The Bertz CT molecular complexity index is 1410. The lowest BCUT2D eigenvalue weighted by atomic mass is 9.71. The second-order valence-corrected chi connectivity index (χ2v) is 12.3. The van der Waals surface area contributed by atoms with E-state index in [1.807, 2.05) is 29.4 Å². The lowest BCUT2D eigenvalue weighted by molar-refractivity contribution is 0.0515. The number of pyridine rings is 1. The van der Waals surface area contributed by atoms with Gasteiger partial charge in [0.25, 0.3) is 11.8 Å². The van der Waals surface area contributed by atoms with E-state index in [2.05, 4.69) is 28.1 Å². The molecule has 2 saturated heterocycles. The van der Waals surface area contributed by atoms with Gasteiger partial charge in [0.2, 0.25) is 0 Å². The highest BCUT2D eigenvalue weighted by atomic mass is 35.5. The van der Waals surface area contributed by atoms with E-state index in [-0.39, 0.29) is 22.9 Å². The molecule has 3 aromatic rings. The van der Waals surface area contributed by atoms with Crippen molar-refractivity contribution in [1.29, 1.82) is 0 Å². The SMILES string of the molecule is CN(C(=O)c1cccc(Cl)c1Cl)C1CCc2ccc(C(=O)N3CCC4(CC3)CCN(c3ccncc3)CC4)cc21. The van der Waals surface area contributed by atoms with Gasteiger partial charge in [0, 0.05) is 56.9 Å². The molecule has 2 amide bonds. The molecule has 6 nitrogen and oxygen atoms in total. The molecule has 1 unspecified atom stereocenters. The number of hydrogen-bond acceptors (Lipinski definition) is 4. The lowest BCUT2D eigenvalue weighted by Gasteiger charge is -2.47. The van der Waals surface area contributed by atoms with Crippen molar-refractivity contribution in [2.45, 2.75) is 44.6 Å². The van der Waals surface area contributed by atoms with Crippen molar-refractivity contribution in [1.82, 2.24) is 14.8 Å². The van der Waals surface area contributed by atoms with Gasteiger partial charge in [0.05, 0.1) is 21.7 Å². The molecule has 3 heterocycles. The van der Waals surface area contributed by atoms with Crippen LogP contribution in [0.1, 0.15) is 70.0 Å². The van der Waals surface area contributed by atoms with Crippen LogP contribution in [0.3, 0.4) is 0 Å². The van der Waals surface area contributed by atoms with Gasteiger partial charge < -0.3 is 14.7 Å². The molecule has 1 atom stereocenters. The van der Waals surface area contributed by atoms with Gasteiger partial charge in [-0.3, -0.25) is 14.6 Å². The maximum atomic E-state index is 13.6. The predicted octanol–water partition coefficient (Wildman–Crippen LogP) is 6.67. The first-order valence-corrected chi connectivity index (χ1v) is 14.9. The molecule has 40 heavy (non-hydrogen) atoms. The van der Waals surface area contributed by atoms with E-state index in [4.69, 9.17) is 23.2 Å². The maximum absolute atomic E-state index is 13.6. The van der Waals surface area contributed by atoms with Gasteiger partial charge >= 0.3 is 0 Å². The second-order valence-electron chi connectivity index (χ2n) is 11.5. The first-order valence-electron chi connectivity index (χ1n) is 14.1. The highest BCUT2D eigenvalue weighted by Crippen LogP contribution is 2.43. The van der Waals surface area contributed by atoms with Crippen molar-refractivity contribution in [2.24, 2.45) is 5.41 Å². The minimum absolute atomic E-state index is 0.0874. The topological polar surface area (TPSA) is 56.8 Å². The number of anilines is 1. The van der Waals surface area contributed by atoms with E-state index in [1.165, 1.54) is 11.3 Å². The number of benzene rings is 2. The molecule has 2 aliphatic heterocycles. The van der Waals surface area contributed by atoms with Crippen molar-refractivity contribution in [3.05, 3.63) is 93.2 Å². The van der Waals surface area contributed by atoms with Gasteiger partial charge in [0.15, 0.2) is 0 Å². The molecule has 208 valence electrons. The van der Waals surface area contributed by atoms with Crippen LogP contribution in [0.2, 0.25) is 10.0 Å². The standard InChI is InChI=1S/C32H34Cl2N4O2/c1-36(31(40)25-3-2-4-27(33)29(25)34)28-8-7-22-5-6-23(21-26(22)28)30(39)38-19-13-32(14-20-38)11-17-37(18-12-32)24-9-15-35-16-10-24/h2-6,9-10,15-16,21,28H,7-8,11-14,17-20H2,1H3. The number of amides is 2. The van der Waals surface area contributed by atoms with Crippen LogP contribution in [0, 0.1) is 5.41 Å². The van der Waals surface area contributed by atoms with E-state index in [9.17, 15) is 9.59 Å². The summed E-state index contributed by atoms with van der Waals surface area (Å²) in [5.74, 6) is -0.0808. The highest BCUT2D eigenvalue weighted by molar-refractivity contribution is 6.43. The number of fused-ring (bicyclic) bond motifs is 1. The molecule has 0 radical (unpaired) electrons. The zero-order chi connectivity index (χ0) is 27.9. The van der Waals surface area contributed by atoms with Crippen molar-refractivity contribution in [3.63, 3.8) is 0 Å². The van der Waals surface area contributed by atoms with E-state index in [0.717, 1.165) is 70.3 Å². The molecule has 1 spiro atoms. The fourth-order valence-corrected chi connectivity index (χ4v) is 7.16. The zero-order valence-electron chi connectivity index (χ0n) is 22.8. The quantitative estimate of drug-likeness (QED) is 0.348. The van der Waals surface area contributed by atoms with Crippen LogP contribution in [0.5, 0.6) is 0 Å². The molecular formula is C32H34Cl2N4O2. The number of rotatable bonds is 4. The number of likely N-dealkylation sites (tertiary alicyclic amines) is 1. The van der Waals surface area contributed by atoms with Crippen LogP contribution in [-0.2, 0) is 6.42 Å². The Balaban J connectivity index is 1.11. The van der Waals surface area contributed by atoms with Gasteiger partial charge in [-0.2, -0.15) is 0 Å². The Kier molecular flexibility index (Phi) is 7.49. The highest BCUT2D eigenvalue weighted by Gasteiger charge is 2.39. The molecule has 0 N–H and O–H groups in total. The van der Waals surface area contributed by atoms with E-state index < -0.39 is 0 Å². The summed E-state index contributed by atoms with van der Waals surface area (Å²) in [5.41, 5.74) is 4.92. The number of aromatic nitrogens is 1. The molecule has 8 heteroatoms. The van der Waals surface area contributed by atoms with Crippen molar-refractivity contribution < 1.29 is 9.59 Å².